The third-order valence-corrected chi connectivity index (χ3v) is 3.39. The summed E-state index contributed by atoms with van der Waals surface area (Å²) < 4.78 is 18.4. The lowest BCUT2D eigenvalue weighted by Gasteiger charge is -2.33. The lowest BCUT2D eigenvalue weighted by molar-refractivity contribution is -0.144. The molecule has 1 amide bonds. The average Bonchev–Trinajstić information content (AvgIpc) is 2.53. The van der Waals surface area contributed by atoms with Crippen LogP contribution in [0.1, 0.15) is 10.4 Å². The van der Waals surface area contributed by atoms with E-state index in [9.17, 15) is 14.0 Å². The summed E-state index contributed by atoms with van der Waals surface area (Å²) in [5.41, 5.74) is 0.775. The quantitative estimate of drug-likeness (QED) is 0.924. The highest BCUT2D eigenvalue weighted by molar-refractivity contribution is 6.07. The second-order valence-electron chi connectivity index (χ2n) is 4.84. The lowest BCUT2D eigenvalue weighted by Crippen LogP contribution is -2.47. The Balaban J connectivity index is 1.99. The second-order valence-corrected chi connectivity index (χ2v) is 4.84. The zero-order valence-electron chi connectivity index (χ0n) is 11.4. The Morgan fingerprint density at radius 2 is 1.82 bits per heavy atom. The van der Waals surface area contributed by atoms with Crippen molar-refractivity contribution in [2.24, 2.45) is 0 Å². The molecule has 6 heteroatoms. The van der Waals surface area contributed by atoms with E-state index >= 15 is 0 Å². The molecular weight excluding hydrogens is 289 g/mol. The highest BCUT2D eigenvalue weighted by Crippen LogP contribution is 2.34. The van der Waals surface area contributed by atoms with Crippen LogP contribution in [0.25, 0.3) is 0 Å². The smallest absolute Gasteiger partial charge is 0.346 e. The normalized spacial score (nSPS) is 16.6. The summed E-state index contributed by atoms with van der Waals surface area (Å²) in [5.74, 6) is -1.66. The third-order valence-electron chi connectivity index (χ3n) is 3.39. The first-order chi connectivity index (χ1) is 10.6. The Labute approximate surface area is 125 Å². The maximum absolute atomic E-state index is 13.0. The second kappa shape index (κ2) is 5.48. The maximum Gasteiger partial charge on any atom is 0.346 e. The fourth-order valence-corrected chi connectivity index (χ4v) is 2.30. The van der Waals surface area contributed by atoms with Gasteiger partial charge in [-0.1, -0.05) is 12.1 Å². The molecule has 22 heavy (non-hydrogen) atoms. The fourth-order valence-electron chi connectivity index (χ4n) is 2.30. The van der Waals surface area contributed by atoms with Gasteiger partial charge < -0.3 is 14.7 Å². The van der Waals surface area contributed by atoms with Crippen LogP contribution in [0.4, 0.5) is 10.1 Å². The molecule has 5 nitrogen and oxygen atoms in total. The van der Waals surface area contributed by atoms with Crippen molar-refractivity contribution >= 4 is 17.6 Å². The first-order valence-electron chi connectivity index (χ1n) is 6.62. The van der Waals surface area contributed by atoms with E-state index in [4.69, 9.17) is 9.84 Å². The molecule has 0 saturated carbocycles. The number of hydrogen-bond donors (Lipinski definition) is 1. The Bertz CT molecular complexity index is 729. The summed E-state index contributed by atoms with van der Waals surface area (Å²) in [4.78, 5) is 25.1. The first-order valence-corrected chi connectivity index (χ1v) is 6.62. The van der Waals surface area contributed by atoms with E-state index in [0.29, 0.717) is 11.4 Å². The molecule has 0 bridgehead atoms. The molecule has 0 saturated heterocycles. The summed E-state index contributed by atoms with van der Waals surface area (Å²) in [6.07, 6.45) is -1.14. The Hall–Kier alpha value is -2.89. The zero-order chi connectivity index (χ0) is 15.7. The summed E-state index contributed by atoms with van der Waals surface area (Å²) in [6.45, 7) is -0.109. The van der Waals surface area contributed by atoms with E-state index in [0.717, 1.165) is 0 Å². The van der Waals surface area contributed by atoms with Crippen LogP contribution in [0.15, 0.2) is 48.5 Å². The van der Waals surface area contributed by atoms with Crippen molar-refractivity contribution in [2.75, 3.05) is 11.4 Å². The van der Waals surface area contributed by atoms with Gasteiger partial charge in [0.15, 0.2) is 0 Å². The van der Waals surface area contributed by atoms with Gasteiger partial charge in [-0.05, 0) is 36.4 Å². The third kappa shape index (κ3) is 2.50. The monoisotopic (exact) mass is 301 g/mol. The molecule has 0 radical (unpaired) electrons. The number of carboxylic acid groups (broad SMARTS) is 1. The number of halogens is 1. The van der Waals surface area contributed by atoms with Gasteiger partial charge in [0.05, 0.1) is 12.2 Å². The molecule has 112 valence electrons. The number of fused-ring (bicyclic) bond motifs is 1. The zero-order valence-corrected chi connectivity index (χ0v) is 11.4. The first kappa shape index (κ1) is 14.1. The SMILES string of the molecule is O=C(O)[C@@H]1CN(C(=O)c2ccc(F)cc2)c2ccccc2O1. The van der Waals surface area contributed by atoms with Crippen LogP contribution in [0, 0.1) is 5.82 Å². The number of aliphatic carboxylic acids is 1. The van der Waals surface area contributed by atoms with Gasteiger partial charge in [-0.3, -0.25) is 4.79 Å². The van der Waals surface area contributed by atoms with Crippen LogP contribution in [0.5, 0.6) is 5.75 Å². The number of nitrogens with zero attached hydrogens (tertiary/aromatic N) is 1. The van der Waals surface area contributed by atoms with Gasteiger partial charge >= 0.3 is 5.97 Å². The molecule has 0 spiro atoms. The van der Waals surface area contributed by atoms with E-state index in [1.54, 1.807) is 24.3 Å². The number of amides is 1. The largest absolute Gasteiger partial charge is 0.478 e. The number of carboxylic acids is 1. The van der Waals surface area contributed by atoms with Crippen molar-refractivity contribution in [3.63, 3.8) is 0 Å². The van der Waals surface area contributed by atoms with Gasteiger partial charge in [-0.2, -0.15) is 0 Å². The predicted octanol–water partition coefficient (Wildman–Crippen LogP) is 2.32. The molecule has 0 aromatic heterocycles. The highest BCUT2D eigenvalue weighted by atomic mass is 19.1. The molecule has 3 rings (SSSR count). The van der Waals surface area contributed by atoms with Gasteiger partial charge in [0.2, 0.25) is 6.10 Å². The molecule has 0 aliphatic carbocycles. The van der Waals surface area contributed by atoms with Gasteiger partial charge in [-0.25, -0.2) is 9.18 Å². The summed E-state index contributed by atoms with van der Waals surface area (Å²) in [7, 11) is 0. The summed E-state index contributed by atoms with van der Waals surface area (Å²) >= 11 is 0. The number of carbonyl (C=O) groups excluding carboxylic acids is 1. The number of carbonyl (C=O) groups is 2. The molecule has 1 atom stereocenters. The predicted molar refractivity (Wildman–Crippen MR) is 76.6 cm³/mol. The van der Waals surface area contributed by atoms with Crippen molar-refractivity contribution in [2.45, 2.75) is 6.10 Å². The molecule has 1 aliphatic heterocycles. The van der Waals surface area contributed by atoms with Crippen molar-refractivity contribution in [3.05, 3.63) is 59.9 Å². The van der Waals surface area contributed by atoms with Crippen molar-refractivity contribution in [1.29, 1.82) is 0 Å². The number of benzene rings is 2. The molecule has 0 fully saturated rings. The minimum Gasteiger partial charge on any atom is -0.478 e. The van der Waals surface area contributed by atoms with E-state index in [1.807, 2.05) is 0 Å². The average molecular weight is 301 g/mol. The van der Waals surface area contributed by atoms with Crippen molar-refractivity contribution in [3.8, 4) is 5.75 Å². The van der Waals surface area contributed by atoms with E-state index in [2.05, 4.69) is 0 Å². The lowest BCUT2D eigenvalue weighted by atomic mass is 10.1. The number of rotatable bonds is 2. The van der Waals surface area contributed by atoms with E-state index in [-0.39, 0.29) is 12.1 Å². The number of para-hydroxylation sites is 2. The van der Waals surface area contributed by atoms with Crippen LogP contribution < -0.4 is 9.64 Å². The van der Waals surface area contributed by atoms with Crippen LogP contribution >= 0.6 is 0 Å². The van der Waals surface area contributed by atoms with Gasteiger partial charge in [0.25, 0.3) is 5.91 Å². The standard InChI is InChI=1S/C16H12FNO4/c17-11-7-5-10(6-8-11)15(19)18-9-14(16(20)21)22-13-4-2-1-3-12(13)18/h1-8,14H,9H2,(H,20,21)/t14-/m0/s1. The Morgan fingerprint density at radius 3 is 2.50 bits per heavy atom. The Kier molecular flexibility index (Phi) is 3.50. The number of ether oxygens (including phenoxy) is 1. The molecule has 2 aromatic carbocycles. The van der Waals surface area contributed by atoms with E-state index in [1.165, 1.54) is 29.2 Å². The fraction of sp³-hybridized carbons (Fsp3) is 0.125. The molecular formula is C16H12FNO4. The number of hydrogen-bond acceptors (Lipinski definition) is 3. The van der Waals surface area contributed by atoms with Crippen LogP contribution in [-0.2, 0) is 4.79 Å². The number of anilines is 1. The maximum atomic E-state index is 13.0. The summed E-state index contributed by atoms with van der Waals surface area (Å²) in [6, 6.07) is 11.8. The minimum absolute atomic E-state index is 0.109. The van der Waals surface area contributed by atoms with Crippen LogP contribution in [-0.4, -0.2) is 29.6 Å². The van der Waals surface area contributed by atoms with Crippen LogP contribution in [0.3, 0.4) is 0 Å². The topological polar surface area (TPSA) is 66.8 Å². The van der Waals surface area contributed by atoms with Gasteiger partial charge in [0.1, 0.15) is 11.6 Å². The molecule has 2 aromatic rings. The molecule has 1 N–H and O–H groups in total. The summed E-state index contributed by atoms with van der Waals surface area (Å²) in [5, 5.41) is 9.16. The van der Waals surface area contributed by atoms with Gasteiger partial charge in [0, 0.05) is 5.56 Å². The van der Waals surface area contributed by atoms with Gasteiger partial charge in [-0.15, -0.1) is 0 Å². The molecule has 0 unspecified atom stereocenters. The van der Waals surface area contributed by atoms with Crippen molar-refractivity contribution < 1.29 is 23.8 Å². The molecule has 1 aliphatic rings. The Morgan fingerprint density at radius 1 is 1.14 bits per heavy atom. The minimum atomic E-state index is -1.15. The highest BCUT2D eigenvalue weighted by Gasteiger charge is 2.33. The van der Waals surface area contributed by atoms with E-state index < -0.39 is 23.8 Å². The van der Waals surface area contributed by atoms with Crippen LogP contribution in [0.2, 0.25) is 0 Å². The van der Waals surface area contributed by atoms with Crippen molar-refractivity contribution in [1.82, 2.24) is 0 Å². The molecule has 1 heterocycles.